The zero-order chi connectivity index (χ0) is 14.2. The largest absolute Gasteiger partial charge is 0.486 e. The molecule has 2 nitrogen and oxygen atoms in total. The molecule has 20 heavy (non-hydrogen) atoms. The van der Waals surface area contributed by atoms with Crippen molar-refractivity contribution in [2.24, 2.45) is 5.92 Å². The molecule has 1 heterocycles. The Labute approximate surface area is 116 Å². The van der Waals surface area contributed by atoms with Crippen molar-refractivity contribution in [1.29, 1.82) is 0 Å². The minimum Gasteiger partial charge on any atom is -0.486 e. The van der Waals surface area contributed by atoms with Crippen LogP contribution in [0.4, 0.5) is 18.9 Å². The Kier molecular flexibility index (Phi) is 3.52. The van der Waals surface area contributed by atoms with Gasteiger partial charge >= 0.3 is 6.18 Å². The van der Waals surface area contributed by atoms with Gasteiger partial charge in [0.15, 0.2) is 0 Å². The molecule has 1 aromatic rings. The third-order valence-corrected chi connectivity index (χ3v) is 4.19. The van der Waals surface area contributed by atoms with Crippen molar-refractivity contribution in [3.8, 4) is 5.75 Å². The Hall–Kier alpha value is -1.39. The fourth-order valence-electron chi connectivity index (χ4n) is 3.14. The minimum absolute atomic E-state index is 0.0716. The number of hydrogen-bond acceptors (Lipinski definition) is 2. The summed E-state index contributed by atoms with van der Waals surface area (Å²) in [7, 11) is 0. The van der Waals surface area contributed by atoms with Crippen LogP contribution in [0.2, 0.25) is 0 Å². The maximum Gasteiger partial charge on any atom is 0.416 e. The minimum atomic E-state index is -4.31. The molecule has 5 heteroatoms. The normalized spacial score (nSPS) is 23.1. The number of halogens is 3. The molecule has 110 valence electrons. The predicted octanol–water partition coefficient (Wildman–Crippen LogP) is 4.46. The van der Waals surface area contributed by atoms with E-state index in [0.717, 1.165) is 18.6 Å². The van der Waals surface area contributed by atoms with Crippen LogP contribution in [0.25, 0.3) is 0 Å². The van der Waals surface area contributed by atoms with E-state index in [0.29, 0.717) is 23.9 Å². The summed E-state index contributed by atoms with van der Waals surface area (Å²) in [5, 5.41) is 3.07. The highest BCUT2D eigenvalue weighted by molar-refractivity contribution is 5.60. The fraction of sp³-hybridized carbons (Fsp3) is 0.600. The van der Waals surface area contributed by atoms with Gasteiger partial charge in [-0.1, -0.05) is 25.7 Å². The first kappa shape index (κ1) is 13.6. The molecule has 2 aliphatic rings. The van der Waals surface area contributed by atoms with Gasteiger partial charge in [-0.3, -0.25) is 0 Å². The van der Waals surface area contributed by atoms with Crippen molar-refractivity contribution in [2.75, 3.05) is 11.9 Å². The average molecular weight is 285 g/mol. The van der Waals surface area contributed by atoms with Crippen LogP contribution in [0.15, 0.2) is 18.2 Å². The van der Waals surface area contributed by atoms with E-state index in [2.05, 4.69) is 5.32 Å². The van der Waals surface area contributed by atoms with Crippen LogP contribution >= 0.6 is 0 Å². The first-order valence-electron chi connectivity index (χ1n) is 7.14. The number of benzene rings is 1. The average Bonchev–Trinajstić information content (AvgIpc) is 2.90. The number of nitrogens with one attached hydrogen (secondary N) is 1. The zero-order valence-corrected chi connectivity index (χ0v) is 11.2. The maximum atomic E-state index is 12.6. The Bertz CT molecular complexity index is 480. The Morgan fingerprint density at radius 2 is 1.95 bits per heavy atom. The zero-order valence-electron chi connectivity index (χ0n) is 11.2. The first-order chi connectivity index (χ1) is 9.52. The molecule has 1 fully saturated rings. The molecule has 0 spiro atoms. The van der Waals surface area contributed by atoms with Gasteiger partial charge in [-0.25, -0.2) is 0 Å². The molecule has 0 bridgehead atoms. The van der Waals surface area contributed by atoms with Crippen molar-refractivity contribution < 1.29 is 17.9 Å². The van der Waals surface area contributed by atoms with Gasteiger partial charge < -0.3 is 10.1 Å². The van der Waals surface area contributed by atoms with Crippen LogP contribution in [-0.4, -0.2) is 12.6 Å². The number of ether oxygens (including phenoxy) is 1. The highest BCUT2D eigenvalue weighted by atomic mass is 19.4. The molecule has 1 saturated carbocycles. The molecular weight excluding hydrogens is 267 g/mol. The van der Waals surface area contributed by atoms with E-state index in [4.69, 9.17) is 4.74 Å². The van der Waals surface area contributed by atoms with E-state index in [1.54, 1.807) is 0 Å². The summed E-state index contributed by atoms with van der Waals surface area (Å²) in [6.45, 7) is 0.588. The number of rotatable bonds is 2. The summed E-state index contributed by atoms with van der Waals surface area (Å²) in [5.41, 5.74) is -0.191. The summed E-state index contributed by atoms with van der Waals surface area (Å²) in [4.78, 5) is 0. The lowest BCUT2D eigenvalue weighted by molar-refractivity contribution is -0.137. The standard InChI is InChI=1S/C15H18F3NO/c16-15(17,18)11-5-6-14-13(8-11)19-9-12(20-14)7-10-3-1-2-4-10/h5-6,8,10,12,19H,1-4,7,9H2. The Morgan fingerprint density at radius 1 is 1.20 bits per heavy atom. The highest BCUT2D eigenvalue weighted by Gasteiger charge is 2.32. The van der Waals surface area contributed by atoms with Crippen molar-refractivity contribution in [3.63, 3.8) is 0 Å². The summed E-state index contributed by atoms with van der Waals surface area (Å²) in [6, 6.07) is 3.63. The van der Waals surface area contributed by atoms with E-state index in [1.807, 2.05) is 0 Å². The second-order valence-corrected chi connectivity index (χ2v) is 5.72. The van der Waals surface area contributed by atoms with Gasteiger partial charge in [0.1, 0.15) is 11.9 Å². The maximum absolute atomic E-state index is 12.6. The van der Waals surface area contributed by atoms with E-state index in [9.17, 15) is 13.2 Å². The summed E-state index contributed by atoms with van der Waals surface area (Å²) in [5.74, 6) is 1.24. The van der Waals surface area contributed by atoms with Crippen LogP contribution in [0, 0.1) is 5.92 Å². The number of fused-ring (bicyclic) bond motifs is 1. The van der Waals surface area contributed by atoms with Crippen LogP contribution in [0.5, 0.6) is 5.75 Å². The van der Waals surface area contributed by atoms with Gasteiger partial charge in [0.2, 0.25) is 0 Å². The van der Waals surface area contributed by atoms with Gasteiger partial charge in [0, 0.05) is 0 Å². The Balaban J connectivity index is 1.69. The SMILES string of the molecule is FC(F)(F)c1ccc2c(c1)NCC(CC1CCCC1)O2. The van der Waals surface area contributed by atoms with E-state index in [-0.39, 0.29) is 6.10 Å². The van der Waals surface area contributed by atoms with E-state index >= 15 is 0 Å². The molecule has 1 unspecified atom stereocenters. The Morgan fingerprint density at radius 3 is 2.65 bits per heavy atom. The predicted molar refractivity (Wildman–Crippen MR) is 70.9 cm³/mol. The molecular formula is C15H18F3NO. The topological polar surface area (TPSA) is 21.3 Å². The molecule has 0 aromatic heterocycles. The van der Waals surface area contributed by atoms with Gasteiger partial charge in [-0.2, -0.15) is 13.2 Å². The summed E-state index contributed by atoms with van der Waals surface area (Å²) in [6.07, 6.45) is 1.83. The summed E-state index contributed by atoms with van der Waals surface area (Å²) < 4.78 is 43.7. The number of anilines is 1. The lowest BCUT2D eigenvalue weighted by atomic mass is 9.99. The lowest BCUT2D eigenvalue weighted by Crippen LogP contribution is -2.32. The van der Waals surface area contributed by atoms with Crippen molar-refractivity contribution in [2.45, 2.75) is 44.4 Å². The third-order valence-electron chi connectivity index (χ3n) is 4.19. The molecule has 1 aliphatic heterocycles. The van der Waals surface area contributed by atoms with Crippen molar-refractivity contribution in [3.05, 3.63) is 23.8 Å². The van der Waals surface area contributed by atoms with Gasteiger partial charge in [0.05, 0.1) is 17.8 Å². The summed E-state index contributed by atoms with van der Waals surface area (Å²) >= 11 is 0. The quantitative estimate of drug-likeness (QED) is 0.866. The number of hydrogen-bond donors (Lipinski definition) is 1. The smallest absolute Gasteiger partial charge is 0.416 e. The molecule has 1 N–H and O–H groups in total. The molecule has 1 atom stereocenters. The second kappa shape index (κ2) is 5.19. The van der Waals surface area contributed by atoms with Gasteiger partial charge in [0.25, 0.3) is 0 Å². The van der Waals surface area contributed by atoms with Crippen LogP contribution in [0.3, 0.4) is 0 Å². The number of alkyl halides is 3. The van der Waals surface area contributed by atoms with Crippen LogP contribution < -0.4 is 10.1 Å². The molecule has 1 aliphatic carbocycles. The molecule has 0 amide bonds. The molecule has 0 radical (unpaired) electrons. The van der Waals surface area contributed by atoms with Crippen molar-refractivity contribution in [1.82, 2.24) is 0 Å². The second-order valence-electron chi connectivity index (χ2n) is 5.72. The molecule has 0 saturated heterocycles. The highest BCUT2D eigenvalue weighted by Crippen LogP contribution is 2.38. The van der Waals surface area contributed by atoms with Gasteiger partial charge in [-0.15, -0.1) is 0 Å². The van der Waals surface area contributed by atoms with Crippen LogP contribution in [0.1, 0.15) is 37.7 Å². The monoisotopic (exact) mass is 285 g/mol. The molecule has 1 aromatic carbocycles. The van der Waals surface area contributed by atoms with Crippen LogP contribution in [-0.2, 0) is 6.18 Å². The molecule has 3 rings (SSSR count). The lowest BCUT2D eigenvalue weighted by Gasteiger charge is -2.29. The van der Waals surface area contributed by atoms with E-state index in [1.165, 1.54) is 31.7 Å². The first-order valence-corrected chi connectivity index (χ1v) is 7.14. The fourth-order valence-corrected chi connectivity index (χ4v) is 3.14. The van der Waals surface area contributed by atoms with E-state index < -0.39 is 11.7 Å². The third kappa shape index (κ3) is 2.86. The van der Waals surface area contributed by atoms with Gasteiger partial charge in [-0.05, 0) is 30.5 Å². The van der Waals surface area contributed by atoms with Crippen molar-refractivity contribution >= 4 is 5.69 Å².